The molecular formula is C14H22O. The summed E-state index contributed by atoms with van der Waals surface area (Å²) in [4.78, 5) is 0. The average Bonchev–Trinajstić information content (AvgIpc) is 2.70. The van der Waals surface area contributed by atoms with Crippen LogP contribution in [-0.2, 0) is 0 Å². The van der Waals surface area contributed by atoms with E-state index in [0.29, 0.717) is 5.92 Å². The largest absolute Gasteiger partial charge is 0.464 e. The summed E-state index contributed by atoms with van der Waals surface area (Å²) in [7, 11) is 0. The third-order valence-corrected chi connectivity index (χ3v) is 1.86. The normalized spacial score (nSPS) is 16.5. The minimum atomic E-state index is 0.512. The van der Waals surface area contributed by atoms with Crippen molar-refractivity contribution in [2.75, 3.05) is 0 Å². The maximum atomic E-state index is 5.25. The van der Waals surface area contributed by atoms with Gasteiger partial charge in [0.2, 0.25) is 0 Å². The van der Waals surface area contributed by atoms with Gasteiger partial charge in [-0.2, -0.15) is 0 Å². The van der Waals surface area contributed by atoms with E-state index in [9.17, 15) is 0 Å². The van der Waals surface area contributed by atoms with Gasteiger partial charge in [0.05, 0.1) is 6.26 Å². The van der Waals surface area contributed by atoms with E-state index in [-0.39, 0.29) is 0 Å². The van der Waals surface area contributed by atoms with Gasteiger partial charge in [0.25, 0.3) is 0 Å². The molecule has 1 heterocycles. The Labute approximate surface area is 93.5 Å². The van der Waals surface area contributed by atoms with Gasteiger partial charge >= 0.3 is 0 Å². The van der Waals surface area contributed by atoms with E-state index in [1.165, 1.54) is 5.56 Å². The van der Waals surface area contributed by atoms with E-state index >= 15 is 0 Å². The van der Waals surface area contributed by atoms with Crippen molar-refractivity contribution in [2.24, 2.45) is 5.92 Å². The number of hydrogen-bond donors (Lipinski definition) is 0. The highest BCUT2D eigenvalue weighted by Crippen LogP contribution is 2.19. The van der Waals surface area contributed by atoms with Crippen molar-refractivity contribution in [3.63, 3.8) is 0 Å². The van der Waals surface area contributed by atoms with Crippen molar-refractivity contribution in [1.82, 2.24) is 0 Å². The molecule has 0 aliphatic heterocycles. The highest BCUT2D eigenvalue weighted by Gasteiger charge is 2.03. The summed E-state index contributed by atoms with van der Waals surface area (Å²) in [5, 5.41) is 0. The van der Waals surface area contributed by atoms with Crippen LogP contribution in [0.3, 0.4) is 0 Å². The van der Waals surface area contributed by atoms with Crippen LogP contribution in [0.25, 0.3) is 12.2 Å². The lowest BCUT2D eigenvalue weighted by molar-refractivity contribution is 0.556. The highest BCUT2D eigenvalue weighted by molar-refractivity contribution is 5.63. The Morgan fingerprint density at radius 2 is 1.60 bits per heavy atom. The molecule has 0 fully saturated rings. The molecular weight excluding hydrogens is 184 g/mol. The van der Waals surface area contributed by atoms with Crippen LogP contribution < -0.4 is 0 Å². The van der Waals surface area contributed by atoms with Crippen molar-refractivity contribution in [3.05, 3.63) is 35.8 Å². The van der Waals surface area contributed by atoms with Gasteiger partial charge in [-0.3, -0.25) is 0 Å². The van der Waals surface area contributed by atoms with Crippen LogP contribution in [0, 0.1) is 5.92 Å². The number of hydrogen-bond acceptors (Lipinski definition) is 1. The number of allylic oxidation sites excluding steroid dienone is 2. The molecule has 0 saturated carbocycles. The lowest BCUT2D eigenvalue weighted by Crippen LogP contribution is -1.77. The van der Waals surface area contributed by atoms with Crippen LogP contribution in [0.4, 0.5) is 0 Å². The van der Waals surface area contributed by atoms with Crippen molar-refractivity contribution < 1.29 is 4.42 Å². The molecule has 0 aromatic carbocycles. The zero-order valence-electron chi connectivity index (χ0n) is 10.4. The SMILES string of the molecule is CC.CC.CC1C=Cc2ccoc2C=C1. The fraction of sp³-hybridized carbons (Fsp3) is 0.429. The first-order valence-electron chi connectivity index (χ1n) is 5.80. The first-order chi connectivity index (χ1) is 7.36. The maximum Gasteiger partial charge on any atom is 0.133 e. The summed E-state index contributed by atoms with van der Waals surface area (Å²) >= 11 is 0. The molecule has 1 heteroatoms. The van der Waals surface area contributed by atoms with Crippen LogP contribution in [-0.4, -0.2) is 0 Å². The summed E-state index contributed by atoms with van der Waals surface area (Å²) < 4.78 is 5.25. The second-order valence-electron chi connectivity index (χ2n) is 2.82. The van der Waals surface area contributed by atoms with Crippen molar-refractivity contribution in [2.45, 2.75) is 34.6 Å². The van der Waals surface area contributed by atoms with Gasteiger partial charge in [-0.25, -0.2) is 0 Å². The highest BCUT2D eigenvalue weighted by atomic mass is 16.3. The Hall–Kier alpha value is -1.24. The molecule has 1 aromatic heterocycles. The molecule has 0 spiro atoms. The Morgan fingerprint density at radius 3 is 2.27 bits per heavy atom. The number of furan rings is 1. The van der Waals surface area contributed by atoms with Gasteiger partial charge in [-0.1, -0.05) is 52.8 Å². The van der Waals surface area contributed by atoms with Crippen molar-refractivity contribution >= 4 is 12.2 Å². The lowest BCUT2D eigenvalue weighted by atomic mass is 10.1. The molecule has 1 aliphatic carbocycles. The van der Waals surface area contributed by atoms with E-state index in [1.54, 1.807) is 6.26 Å². The monoisotopic (exact) mass is 206 g/mol. The molecule has 0 amide bonds. The molecule has 1 aliphatic rings. The summed E-state index contributed by atoms with van der Waals surface area (Å²) in [5.74, 6) is 1.48. The summed E-state index contributed by atoms with van der Waals surface area (Å²) in [6.07, 6.45) is 10.1. The first kappa shape index (κ1) is 13.8. The summed E-state index contributed by atoms with van der Waals surface area (Å²) in [5.41, 5.74) is 1.17. The van der Waals surface area contributed by atoms with Crippen LogP contribution >= 0.6 is 0 Å². The second kappa shape index (κ2) is 8.10. The van der Waals surface area contributed by atoms with Gasteiger partial charge in [0.1, 0.15) is 5.76 Å². The molecule has 1 unspecified atom stereocenters. The number of rotatable bonds is 0. The third-order valence-electron chi connectivity index (χ3n) is 1.86. The van der Waals surface area contributed by atoms with Gasteiger partial charge < -0.3 is 4.42 Å². The summed E-state index contributed by atoms with van der Waals surface area (Å²) in [6.45, 7) is 10.2. The Kier molecular flexibility index (Phi) is 7.43. The Morgan fingerprint density at radius 1 is 1.00 bits per heavy atom. The van der Waals surface area contributed by atoms with E-state index in [0.717, 1.165) is 5.76 Å². The smallest absolute Gasteiger partial charge is 0.133 e. The topological polar surface area (TPSA) is 13.1 Å². The zero-order valence-corrected chi connectivity index (χ0v) is 10.4. The molecule has 84 valence electrons. The van der Waals surface area contributed by atoms with Crippen LogP contribution in [0.1, 0.15) is 45.9 Å². The average molecular weight is 206 g/mol. The fourth-order valence-corrected chi connectivity index (χ4v) is 1.16. The minimum absolute atomic E-state index is 0.512. The molecule has 0 bridgehead atoms. The molecule has 0 radical (unpaired) electrons. The van der Waals surface area contributed by atoms with E-state index in [2.05, 4.69) is 25.2 Å². The standard InChI is InChI=1S/C10H10O.2C2H6/c1-8-2-4-9-6-7-11-10(9)5-3-8;2*1-2/h2-8H,1H3;2*1-2H3. The molecule has 0 N–H and O–H groups in total. The zero-order chi connectivity index (χ0) is 11.7. The van der Waals surface area contributed by atoms with Crippen LogP contribution in [0.15, 0.2) is 28.9 Å². The predicted octanol–water partition coefficient (Wildman–Crippen LogP) is 5.01. The first-order valence-corrected chi connectivity index (χ1v) is 5.80. The fourth-order valence-electron chi connectivity index (χ4n) is 1.16. The third kappa shape index (κ3) is 4.20. The predicted molar refractivity (Wildman–Crippen MR) is 68.6 cm³/mol. The van der Waals surface area contributed by atoms with Gasteiger partial charge in [0.15, 0.2) is 0 Å². The van der Waals surface area contributed by atoms with E-state index in [4.69, 9.17) is 4.42 Å². The van der Waals surface area contributed by atoms with E-state index < -0.39 is 0 Å². The summed E-state index contributed by atoms with van der Waals surface area (Å²) in [6, 6.07) is 1.98. The van der Waals surface area contributed by atoms with Gasteiger partial charge in [0, 0.05) is 5.56 Å². The Balaban J connectivity index is 0.000000442. The molecule has 1 aromatic rings. The van der Waals surface area contributed by atoms with E-state index in [1.807, 2.05) is 39.8 Å². The molecule has 15 heavy (non-hydrogen) atoms. The van der Waals surface area contributed by atoms with Gasteiger partial charge in [-0.15, -0.1) is 0 Å². The molecule has 0 saturated heterocycles. The Bertz CT molecular complexity index is 276. The van der Waals surface area contributed by atoms with Crippen molar-refractivity contribution in [3.8, 4) is 0 Å². The number of fused-ring (bicyclic) bond motifs is 1. The van der Waals surface area contributed by atoms with Crippen molar-refractivity contribution in [1.29, 1.82) is 0 Å². The minimum Gasteiger partial charge on any atom is -0.464 e. The molecule has 1 nitrogen and oxygen atoms in total. The van der Waals surface area contributed by atoms with Crippen LogP contribution in [0.2, 0.25) is 0 Å². The quantitative estimate of drug-likeness (QED) is 0.581. The maximum absolute atomic E-state index is 5.25. The van der Waals surface area contributed by atoms with Crippen LogP contribution in [0.5, 0.6) is 0 Å². The molecule has 2 rings (SSSR count). The van der Waals surface area contributed by atoms with Gasteiger partial charge in [-0.05, 0) is 18.1 Å². The second-order valence-corrected chi connectivity index (χ2v) is 2.82. The molecule has 1 atom stereocenters. The lowest BCUT2D eigenvalue weighted by Gasteiger charge is -1.91.